The molecule has 0 aromatic heterocycles. The van der Waals surface area contributed by atoms with Crippen molar-refractivity contribution in [2.75, 3.05) is 13.7 Å². The summed E-state index contributed by atoms with van der Waals surface area (Å²) < 4.78 is 5.33. The zero-order valence-corrected chi connectivity index (χ0v) is 12.0. The van der Waals surface area contributed by atoms with Crippen LogP contribution < -0.4 is 4.74 Å². The SMILES string of the molecule is COc1ccc2c(c1)CCN1C2CC(=O)C2CCCC21. The van der Waals surface area contributed by atoms with Gasteiger partial charge in [0, 0.05) is 31.0 Å². The summed E-state index contributed by atoms with van der Waals surface area (Å²) in [5.74, 6) is 1.75. The summed E-state index contributed by atoms with van der Waals surface area (Å²) in [5, 5.41) is 0. The standard InChI is InChI=1S/C17H21NO2/c1-20-12-5-6-13-11(9-12)7-8-18-15-4-2-3-14(15)17(19)10-16(13)18/h5-6,9,14-16H,2-4,7-8,10H2,1H3. The first-order valence-corrected chi connectivity index (χ1v) is 7.73. The molecule has 0 bridgehead atoms. The van der Waals surface area contributed by atoms with Crippen LogP contribution in [0.2, 0.25) is 0 Å². The first-order valence-electron chi connectivity index (χ1n) is 7.73. The van der Waals surface area contributed by atoms with E-state index in [-0.39, 0.29) is 0 Å². The van der Waals surface area contributed by atoms with E-state index in [9.17, 15) is 4.79 Å². The molecule has 4 rings (SSSR count). The molecule has 2 fully saturated rings. The zero-order chi connectivity index (χ0) is 13.7. The Labute approximate surface area is 119 Å². The summed E-state index contributed by atoms with van der Waals surface area (Å²) >= 11 is 0. The number of fused-ring (bicyclic) bond motifs is 5. The zero-order valence-electron chi connectivity index (χ0n) is 12.0. The molecule has 1 saturated heterocycles. The molecule has 20 heavy (non-hydrogen) atoms. The van der Waals surface area contributed by atoms with Gasteiger partial charge in [-0.05, 0) is 42.5 Å². The molecular weight excluding hydrogens is 250 g/mol. The van der Waals surface area contributed by atoms with Crippen LogP contribution in [0, 0.1) is 5.92 Å². The van der Waals surface area contributed by atoms with Gasteiger partial charge in [0.05, 0.1) is 7.11 Å². The van der Waals surface area contributed by atoms with Gasteiger partial charge in [-0.15, -0.1) is 0 Å². The second-order valence-corrected chi connectivity index (χ2v) is 6.34. The summed E-state index contributed by atoms with van der Waals surface area (Å²) in [4.78, 5) is 15.0. The Bertz CT molecular complexity index is 554. The number of methoxy groups -OCH3 is 1. The molecule has 3 atom stereocenters. The highest BCUT2D eigenvalue weighted by molar-refractivity contribution is 5.84. The Morgan fingerprint density at radius 3 is 3.05 bits per heavy atom. The van der Waals surface area contributed by atoms with Crippen molar-refractivity contribution in [1.82, 2.24) is 4.90 Å². The highest BCUT2D eigenvalue weighted by atomic mass is 16.5. The van der Waals surface area contributed by atoms with Crippen LogP contribution in [-0.2, 0) is 11.2 Å². The van der Waals surface area contributed by atoms with Crippen molar-refractivity contribution in [3.05, 3.63) is 29.3 Å². The maximum Gasteiger partial charge on any atom is 0.139 e. The molecule has 3 unspecified atom stereocenters. The van der Waals surface area contributed by atoms with E-state index in [2.05, 4.69) is 17.0 Å². The molecule has 0 spiro atoms. The number of rotatable bonds is 1. The van der Waals surface area contributed by atoms with Gasteiger partial charge in [-0.25, -0.2) is 0 Å². The van der Waals surface area contributed by atoms with Crippen molar-refractivity contribution < 1.29 is 9.53 Å². The van der Waals surface area contributed by atoms with E-state index in [1.54, 1.807) is 7.11 Å². The lowest BCUT2D eigenvalue weighted by Crippen LogP contribution is -2.51. The van der Waals surface area contributed by atoms with Gasteiger partial charge in [0.25, 0.3) is 0 Å². The lowest BCUT2D eigenvalue weighted by molar-refractivity contribution is -0.131. The van der Waals surface area contributed by atoms with E-state index in [1.807, 2.05) is 6.07 Å². The van der Waals surface area contributed by atoms with E-state index >= 15 is 0 Å². The summed E-state index contributed by atoms with van der Waals surface area (Å²) in [6.45, 7) is 1.10. The van der Waals surface area contributed by atoms with E-state index in [0.29, 0.717) is 30.2 Å². The topological polar surface area (TPSA) is 29.5 Å². The predicted molar refractivity (Wildman–Crippen MR) is 76.9 cm³/mol. The quantitative estimate of drug-likeness (QED) is 0.786. The molecule has 3 heteroatoms. The first-order chi connectivity index (χ1) is 9.78. The molecule has 1 aromatic carbocycles. The number of piperidine rings is 1. The van der Waals surface area contributed by atoms with Crippen LogP contribution in [0.25, 0.3) is 0 Å². The maximum absolute atomic E-state index is 12.4. The smallest absolute Gasteiger partial charge is 0.139 e. The summed E-state index contributed by atoms with van der Waals surface area (Å²) in [5.41, 5.74) is 2.73. The van der Waals surface area contributed by atoms with Gasteiger partial charge in [-0.1, -0.05) is 12.5 Å². The molecule has 3 nitrogen and oxygen atoms in total. The minimum absolute atomic E-state index is 0.316. The highest BCUT2D eigenvalue weighted by Crippen LogP contribution is 2.45. The van der Waals surface area contributed by atoms with E-state index < -0.39 is 0 Å². The number of benzene rings is 1. The predicted octanol–water partition coefficient (Wildman–Crippen LogP) is 2.74. The number of hydrogen-bond acceptors (Lipinski definition) is 3. The molecule has 1 saturated carbocycles. The highest BCUT2D eigenvalue weighted by Gasteiger charge is 2.46. The van der Waals surface area contributed by atoms with Crippen LogP contribution in [0.4, 0.5) is 0 Å². The minimum Gasteiger partial charge on any atom is -0.497 e. The molecular formula is C17H21NO2. The molecule has 2 heterocycles. The maximum atomic E-state index is 12.4. The van der Waals surface area contributed by atoms with Crippen molar-refractivity contribution >= 4 is 5.78 Å². The molecule has 0 radical (unpaired) electrons. The first kappa shape index (κ1) is 12.4. The summed E-state index contributed by atoms with van der Waals surface area (Å²) in [7, 11) is 1.71. The van der Waals surface area contributed by atoms with E-state index in [0.717, 1.165) is 25.1 Å². The third-order valence-electron chi connectivity index (χ3n) is 5.46. The normalized spacial score (nSPS) is 32.5. The van der Waals surface area contributed by atoms with Gasteiger partial charge in [0.15, 0.2) is 0 Å². The number of nitrogens with zero attached hydrogens (tertiary/aromatic N) is 1. The van der Waals surface area contributed by atoms with Gasteiger partial charge in [0.2, 0.25) is 0 Å². The average molecular weight is 271 g/mol. The Kier molecular flexibility index (Phi) is 2.84. The second kappa shape index (κ2) is 4.59. The van der Waals surface area contributed by atoms with Gasteiger partial charge in [-0.3, -0.25) is 9.69 Å². The van der Waals surface area contributed by atoms with Crippen LogP contribution in [0.5, 0.6) is 5.75 Å². The van der Waals surface area contributed by atoms with Crippen LogP contribution >= 0.6 is 0 Å². The molecule has 1 aromatic rings. The van der Waals surface area contributed by atoms with E-state index in [1.165, 1.54) is 24.0 Å². The minimum atomic E-state index is 0.316. The van der Waals surface area contributed by atoms with Gasteiger partial charge < -0.3 is 4.74 Å². The van der Waals surface area contributed by atoms with Crippen molar-refractivity contribution in [3.8, 4) is 5.75 Å². The largest absolute Gasteiger partial charge is 0.497 e. The number of ketones is 1. The Morgan fingerprint density at radius 1 is 1.30 bits per heavy atom. The lowest BCUT2D eigenvalue weighted by atomic mass is 9.79. The lowest BCUT2D eigenvalue weighted by Gasteiger charge is -2.46. The third-order valence-corrected chi connectivity index (χ3v) is 5.46. The number of carbonyl (C=O) groups is 1. The van der Waals surface area contributed by atoms with Crippen molar-refractivity contribution in [2.45, 2.75) is 44.2 Å². The second-order valence-electron chi connectivity index (χ2n) is 6.34. The Morgan fingerprint density at radius 2 is 2.20 bits per heavy atom. The fourth-order valence-electron chi connectivity index (χ4n) is 4.51. The molecule has 3 aliphatic rings. The van der Waals surface area contributed by atoms with Crippen molar-refractivity contribution in [2.24, 2.45) is 5.92 Å². The molecule has 2 aliphatic heterocycles. The van der Waals surface area contributed by atoms with Gasteiger partial charge >= 0.3 is 0 Å². The fourth-order valence-corrected chi connectivity index (χ4v) is 4.51. The number of Topliss-reactive ketones (excluding diaryl/α,β-unsaturated/α-hetero) is 1. The molecule has 0 N–H and O–H groups in total. The van der Waals surface area contributed by atoms with Crippen molar-refractivity contribution in [1.29, 1.82) is 0 Å². The fraction of sp³-hybridized carbons (Fsp3) is 0.588. The molecule has 1 aliphatic carbocycles. The van der Waals surface area contributed by atoms with Crippen LogP contribution in [0.3, 0.4) is 0 Å². The Hall–Kier alpha value is -1.35. The van der Waals surface area contributed by atoms with Crippen LogP contribution in [-0.4, -0.2) is 30.4 Å². The summed E-state index contributed by atoms with van der Waals surface area (Å²) in [6, 6.07) is 7.19. The average Bonchev–Trinajstić information content (AvgIpc) is 2.97. The van der Waals surface area contributed by atoms with Crippen molar-refractivity contribution in [3.63, 3.8) is 0 Å². The van der Waals surface area contributed by atoms with Crippen LogP contribution in [0.1, 0.15) is 42.9 Å². The molecule has 0 amide bonds. The molecule has 106 valence electrons. The number of hydrogen-bond donors (Lipinski definition) is 0. The Balaban J connectivity index is 1.72. The third kappa shape index (κ3) is 1.72. The monoisotopic (exact) mass is 271 g/mol. The summed E-state index contributed by atoms with van der Waals surface area (Å²) in [6.07, 6.45) is 5.33. The number of carbonyl (C=O) groups excluding carboxylic acids is 1. The van der Waals surface area contributed by atoms with Gasteiger partial charge in [0.1, 0.15) is 11.5 Å². The number of ether oxygens (including phenoxy) is 1. The van der Waals surface area contributed by atoms with E-state index in [4.69, 9.17) is 4.74 Å². The van der Waals surface area contributed by atoms with Crippen LogP contribution in [0.15, 0.2) is 18.2 Å². The van der Waals surface area contributed by atoms with Gasteiger partial charge in [-0.2, -0.15) is 0 Å².